The van der Waals surface area contributed by atoms with Crippen LogP contribution in [0, 0.1) is 0 Å². The molecule has 0 aromatic carbocycles. The maximum atomic E-state index is 12.3. The standard InChI is InChI=1S/C12H16BrNOS2/c1-12(2)5-6-14(7-8-16-12)11(15)9-3-4-10(13)17-9/h3-4H,5-8H2,1-2H3. The number of amides is 1. The average molecular weight is 334 g/mol. The third-order valence-corrected chi connectivity index (χ3v) is 5.89. The van der Waals surface area contributed by atoms with Crippen molar-refractivity contribution in [1.82, 2.24) is 4.90 Å². The number of thioether (sulfide) groups is 1. The minimum Gasteiger partial charge on any atom is -0.337 e. The fourth-order valence-electron chi connectivity index (χ4n) is 1.81. The van der Waals surface area contributed by atoms with E-state index in [1.165, 1.54) is 11.3 Å². The number of rotatable bonds is 1. The zero-order valence-electron chi connectivity index (χ0n) is 10.0. The van der Waals surface area contributed by atoms with E-state index in [1.807, 2.05) is 28.8 Å². The SMILES string of the molecule is CC1(C)CCN(C(=O)c2ccc(Br)s2)CCS1. The lowest BCUT2D eigenvalue weighted by Gasteiger charge is -2.22. The fraction of sp³-hybridized carbons (Fsp3) is 0.583. The van der Waals surface area contributed by atoms with Crippen LogP contribution < -0.4 is 0 Å². The molecule has 2 heterocycles. The smallest absolute Gasteiger partial charge is 0.263 e. The highest BCUT2D eigenvalue weighted by Gasteiger charge is 2.26. The van der Waals surface area contributed by atoms with Gasteiger partial charge in [-0.3, -0.25) is 4.79 Å². The molecular weight excluding hydrogens is 318 g/mol. The molecule has 0 spiro atoms. The van der Waals surface area contributed by atoms with Gasteiger partial charge in [-0.1, -0.05) is 13.8 Å². The Balaban J connectivity index is 2.05. The molecule has 1 fully saturated rings. The lowest BCUT2D eigenvalue weighted by molar-refractivity contribution is 0.0769. The van der Waals surface area contributed by atoms with Crippen molar-refractivity contribution >= 4 is 44.9 Å². The van der Waals surface area contributed by atoms with Gasteiger partial charge in [-0.2, -0.15) is 11.8 Å². The predicted molar refractivity (Wildman–Crippen MR) is 79.1 cm³/mol. The second-order valence-electron chi connectivity index (χ2n) is 4.75. The highest BCUT2D eigenvalue weighted by atomic mass is 79.9. The number of thiophene rings is 1. The minimum atomic E-state index is 0.180. The summed E-state index contributed by atoms with van der Waals surface area (Å²) < 4.78 is 1.32. The van der Waals surface area contributed by atoms with Crippen molar-refractivity contribution in [3.63, 3.8) is 0 Å². The van der Waals surface area contributed by atoms with Gasteiger partial charge in [0.1, 0.15) is 0 Å². The first-order valence-corrected chi connectivity index (χ1v) is 8.26. The molecule has 1 amide bonds. The topological polar surface area (TPSA) is 20.3 Å². The van der Waals surface area contributed by atoms with Crippen molar-refractivity contribution in [3.05, 3.63) is 20.8 Å². The summed E-state index contributed by atoms with van der Waals surface area (Å²) in [5.41, 5.74) is 0. The lowest BCUT2D eigenvalue weighted by atomic mass is 10.1. The predicted octanol–water partition coefficient (Wildman–Crippen LogP) is 3.87. The van der Waals surface area contributed by atoms with Gasteiger partial charge >= 0.3 is 0 Å². The van der Waals surface area contributed by atoms with Crippen molar-refractivity contribution in [1.29, 1.82) is 0 Å². The van der Waals surface area contributed by atoms with E-state index in [0.29, 0.717) is 4.75 Å². The molecule has 0 unspecified atom stereocenters. The molecular formula is C12H16BrNOS2. The third kappa shape index (κ3) is 3.48. The third-order valence-electron chi connectivity index (χ3n) is 2.91. The van der Waals surface area contributed by atoms with Crippen LogP contribution in [0.2, 0.25) is 0 Å². The maximum Gasteiger partial charge on any atom is 0.263 e. The van der Waals surface area contributed by atoms with Crippen LogP contribution in [0.25, 0.3) is 0 Å². The molecule has 0 aliphatic carbocycles. The van der Waals surface area contributed by atoms with Gasteiger partial charge in [0.25, 0.3) is 5.91 Å². The molecule has 2 nitrogen and oxygen atoms in total. The molecule has 0 radical (unpaired) electrons. The molecule has 94 valence electrons. The molecule has 0 bridgehead atoms. The monoisotopic (exact) mass is 333 g/mol. The molecule has 0 atom stereocenters. The van der Waals surface area contributed by atoms with Gasteiger partial charge in [-0.15, -0.1) is 11.3 Å². The molecule has 0 N–H and O–H groups in total. The van der Waals surface area contributed by atoms with E-state index in [4.69, 9.17) is 0 Å². The molecule has 1 saturated heterocycles. The molecule has 17 heavy (non-hydrogen) atoms. The van der Waals surface area contributed by atoms with E-state index in [1.54, 1.807) is 0 Å². The Kier molecular flexibility index (Phi) is 4.21. The molecule has 2 rings (SSSR count). The summed E-state index contributed by atoms with van der Waals surface area (Å²) in [6.45, 7) is 6.25. The van der Waals surface area contributed by atoms with E-state index in [-0.39, 0.29) is 5.91 Å². The van der Waals surface area contributed by atoms with Gasteiger partial charge in [0, 0.05) is 23.6 Å². The van der Waals surface area contributed by atoms with Crippen LogP contribution in [0.3, 0.4) is 0 Å². The number of carbonyl (C=O) groups excluding carboxylic acids is 1. The molecule has 0 saturated carbocycles. The van der Waals surface area contributed by atoms with E-state index < -0.39 is 0 Å². The Morgan fingerprint density at radius 1 is 1.41 bits per heavy atom. The normalized spacial score (nSPS) is 20.1. The van der Waals surface area contributed by atoms with Crippen LogP contribution in [0.4, 0.5) is 0 Å². The van der Waals surface area contributed by atoms with Crippen molar-refractivity contribution in [2.75, 3.05) is 18.8 Å². The molecule has 1 aliphatic rings. The fourth-order valence-corrected chi connectivity index (χ4v) is 4.26. The highest BCUT2D eigenvalue weighted by molar-refractivity contribution is 9.11. The zero-order chi connectivity index (χ0) is 12.5. The minimum absolute atomic E-state index is 0.180. The van der Waals surface area contributed by atoms with Gasteiger partial charge < -0.3 is 4.90 Å². The molecule has 1 aromatic heterocycles. The van der Waals surface area contributed by atoms with Crippen LogP contribution in [0.5, 0.6) is 0 Å². The number of hydrogen-bond donors (Lipinski definition) is 0. The number of carbonyl (C=O) groups is 1. The van der Waals surface area contributed by atoms with Crippen LogP contribution in [0.1, 0.15) is 29.9 Å². The second-order valence-corrected chi connectivity index (χ2v) is 9.02. The average Bonchev–Trinajstić information content (AvgIpc) is 2.60. The summed E-state index contributed by atoms with van der Waals surface area (Å²) in [6, 6.07) is 3.84. The Labute approximate surface area is 119 Å². The Bertz CT molecular complexity index is 416. The van der Waals surface area contributed by atoms with Gasteiger partial charge in [-0.25, -0.2) is 0 Å². The van der Waals surface area contributed by atoms with Crippen LogP contribution >= 0.6 is 39.0 Å². The maximum absolute atomic E-state index is 12.3. The Morgan fingerprint density at radius 2 is 2.18 bits per heavy atom. The second kappa shape index (κ2) is 5.33. The molecule has 1 aliphatic heterocycles. The van der Waals surface area contributed by atoms with Gasteiger partial charge in [-0.05, 0) is 34.5 Å². The van der Waals surface area contributed by atoms with Crippen LogP contribution in [-0.2, 0) is 0 Å². The lowest BCUT2D eigenvalue weighted by Crippen LogP contribution is -2.33. The first-order valence-electron chi connectivity index (χ1n) is 5.66. The van der Waals surface area contributed by atoms with Crippen molar-refractivity contribution < 1.29 is 4.79 Å². The van der Waals surface area contributed by atoms with E-state index >= 15 is 0 Å². The Hall–Kier alpha value is -0.000000000000000111. The Morgan fingerprint density at radius 3 is 2.82 bits per heavy atom. The largest absolute Gasteiger partial charge is 0.337 e. The molecule has 1 aromatic rings. The summed E-state index contributed by atoms with van der Waals surface area (Å²) in [4.78, 5) is 15.1. The van der Waals surface area contributed by atoms with E-state index in [9.17, 15) is 4.79 Å². The first kappa shape index (κ1) is 13.4. The van der Waals surface area contributed by atoms with E-state index in [0.717, 1.165) is 33.9 Å². The summed E-state index contributed by atoms with van der Waals surface area (Å²) in [5.74, 6) is 1.21. The van der Waals surface area contributed by atoms with Crippen molar-refractivity contribution in [3.8, 4) is 0 Å². The van der Waals surface area contributed by atoms with Gasteiger partial charge in [0.15, 0.2) is 0 Å². The summed E-state index contributed by atoms with van der Waals surface area (Å²) in [6.07, 6.45) is 1.07. The van der Waals surface area contributed by atoms with Crippen LogP contribution in [-0.4, -0.2) is 34.4 Å². The van der Waals surface area contributed by atoms with Crippen molar-refractivity contribution in [2.24, 2.45) is 0 Å². The summed E-state index contributed by atoms with van der Waals surface area (Å²) in [7, 11) is 0. The zero-order valence-corrected chi connectivity index (χ0v) is 13.3. The first-order chi connectivity index (χ1) is 7.98. The van der Waals surface area contributed by atoms with Crippen molar-refractivity contribution in [2.45, 2.75) is 25.0 Å². The van der Waals surface area contributed by atoms with Gasteiger partial charge in [0.2, 0.25) is 0 Å². The van der Waals surface area contributed by atoms with Crippen LogP contribution in [0.15, 0.2) is 15.9 Å². The summed E-state index contributed by atoms with van der Waals surface area (Å²) in [5, 5.41) is 0. The number of nitrogens with zero attached hydrogens (tertiary/aromatic N) is 1. The van der Waals surface area contributed by atoms with E-state index in [2.05, 4.69) is 29.8 Å². The number of hydrogen-bond acceptors (Lipinski definition) is 3. The number of halogens is 1. The summed E-state index contributed by atoms with van der Waals surface area (Å²) >= 11 is 6.88. The molecule has 5 heteroatoms. The van der Waals surface area contributed by atoms with Gasteiger partial charge in [0.05, 0.1) is 8.66 Å². The highest BCUT2D eigenvalue weighted by Crippen LogP contribution is 2.31. The quantitative estimate of drug-likeness (QED) is 0.777.